The van der Waals surface area contributed by atoms with Gasteiger partial charge >= 0.3 is 5.97 Å². The molecule has 1 heterocycles. The molecule has 1 aromatic heterocycles. The number of amides is 1. The highest BCUT2D eigenvalue weighted by molar-refractivity contribution is 14.1. The maximum absolute atomic E-state index is 12.1. The molecule has 1 rings (SSSR count). The van der Waals surface area contributed by atoms with Crippen LogP contribution in [0.3, 0.4) is 0 Å². The van der Waals surface area contributed by atoms with Crippen molar-refractivity contribution >= 4 is 45.8 Å². The summed E-state index contributed by atoms with van der Waals surface area (Å²) >= 11 is 3.54. The molecule has 4 nitrogen and oxygen atoms in total. The molecular weight excluding hydrogens is 353 g/mol. The Morgan fingerprint density at radius 1 is 1.59 bits per heavy atom. The maximum Gasteiger partial charge on any atom is 0.308 e. The van der Waals surface area contributed by atoms with E-state index in [4.69, 9.17) is 5.11 Å². The fourth-order valence-electron chi connectivity index (χ4n) is 1.32. The van der Waals surface area contributed by atoms with Crippen LogP contribution in [0.2, 0.25) is 0 Å². The van der Waals surface area contributed by atoms with Crippen LogP contribution in [0.1, 0.15) is 22.2 Å². The number of thiophene rings is 1. The van der Waals surface area contributed by atoms with Crippen molar-refractivity contribution in [3.05, 3.63) is 19.4 Å². The molecule has 6 heteroatoms. The fraction of sp³-hybridized carbons (Fsp3) is 0.455. The minimum atomic E-state index is -0.887. The number of hydrogen-bond acceptors (Lipinski definition) is 3. The molecule has 0 bridgehead atoms. The molecule has 0 aromatic carbocycles. The Morgan fingerprint density at radius 2 is 2.18 bits per heavy atom. The second-order valence-corrected chi connectivity index (χ2v) is 5.95. The van der Waals surface area contributed by atoms with Crippen LogP contribution in [-0.4, -0.2) is 35.5 Å². The van der Waals surface area contributed by atoms with E-state index in [2.05, 4.69) is 22.6 Å². The van der Waals surface area contributed by atoms with E-state index >= 15 is 0 Å². The molecule has 1 amide bonds. The van der Waals surface area contributed by atoms with Gasteiger partial charge in [0.1, 0.15) is 4.88 Å². The molecule has 1 aromatic rings. The van der Waals surface area contributed by atoms with Crippen molar-refractivity contribution in [1.29, 1.82) is 0 Å². The third-order valence-electron chi connectivity index (χ3n) is 2.41. The number of hydrogen-bond donors (Lipinski definition) is 1. The van der Waals surface area contributed by atoms with E-state index in [0.29, 0.717) is 4.88 Å². The van der Waals surface area contributed by atoms with Gasteiger partial charge in [0, 0.05) is 17.2 Å². The first-order chi connectivity index (χ1) is 7.84. The Balaban J connectivity index is 2.77. The smallest absolute Gasteiger partial charge is 0.308 e. The number of halogens is 1. The Morgan fingerprint density at radius 3 is 2.59 bits per heavy atom. The average Bonchev–Trinajstić information content (AvgIpc) is 2.58. The molecule has 1 atom stereocenters. The number of aliphatic carboxylic acids is 1. The van der Waals surface area contributed by atoms with Gasteiger partial charge < -0.3 is 10.0 Å². The quantitative estimate of drug-likeness (QED) is 0.832. The second kappa shape index (κ2) is 5.81. The zero-order valence-electron chi connectivity index (χ0n) is 9.86. The summed E-state index contributed by atoms with van der Waals surface area (Å²) < 4.78 is 0.951. The van der Waals surface area contributed by atoms with E-state index < -0.39 is 11.9 Å². The lowest BCUT2D eigenvalue weighted by Gasteiger charge is -2.18. The molecule has 0 radical (unpaired) electrons. The van der Waals surface area contributed by atoms with E-state index in [-0.39, 0.29) is 12.5 Å². The second-order valence-electron chi connectivity index (χ2n) is 3.99. The molecule has 0 aliphatic heterocycles. The molecule has 1 unspecified atom stereocenters. The normalized spacial score (nSPS) is 12.2. The summed E-state index contributed by atoms with van der Waals surface area (Å²) in [4.78, 5) is 25.0. The Hall–Kier alpha value is -0.630. The molecule has 1 N–H and O–H groups in total. The molecule has 94 valence electrons. The van der Waals surface area contributed by atoms with Gasteiger partial charge in [0.2, 0.25) is 0 Å². The molecule has 0 aliphatic carbocycles. The van der Waals surface area contributed by atoms with Gasteiger partial charge in [-0.3, -0.25) is 9.59 Å². The zero-order valence-corrected chi connectivity index (χ0v) is 12.8. The monoisotopic (exact) mass is 367 g/mol. The number of carboxylic acids is 1. The first kappa shape index (κ1) is 14.4. The standard InChI is InChI=1S/C11H14INO3S/c1-6(11(15)16)4-13(3)10(14)9-8(12)7(2)5-17-9/h5-6H,4H2,1-3H3,(H,15,16). The lowest BCUT2D eigenvalue weighted by atomic mass is 10.2. The van der Waals surface area contributed by atoms with Crippen LogP contribution in [0.15, 0.2) is 5.38 Å². The lowest BCUT2D eigenvalue weighted by molar-refractivity contribution is -0.141. The number of carbonyl (C=O) groups is 2. The van der Waals surface area contributed by atoms with Crippen LogP contribution < -0.4 is 0 Å². The maximum atomic E-state index is 12.1. The topological polar surface area (TPSA) is 57.6 Å². The van der Waals surface area contributed by atoms with E-state index in [9.17, 15) is 9.59 Å². The van der Waals surface area contributed by atoms with Crippen molar-refractivity contribution in [2.45, 2.75) is 13.8 Å². The molecule has 0 saturated carbocycles. The summed E-state index contributed by atoms with van der Waals surface area (Å²) in [6, 6.07) is 0. The third-order valence-corrected chi connectivity index (χ3v) is 5.25. The van der Waals surface area contributed by atoms with Gasteiger partial charge in [0.05, 0.1) is 5.92 Å². The van der Waals surface area contributed by atoms with Crippen LogP contribution in [0.25, 0.3) is 0 Å². The van der Waals surface area contributed by atoms with Gasteiger partial charge in [-0.2, -0.15) is 0 Å². The van der Waals surface area contributed by atoms with Gasteiger partial charge in [-0.15, -0.1) is 11.3 Å². The molecule has 17 heavy (non-hydrogen) atoms. The molecule has 0 fully saturated rings. The van der Waals surface area contributed by atoms with Gasteiger partial charge in [-0.25, -0.2) is 0 Å². The first-order valence-corrected chi connectivity index (χ1v) is 7.02. The zero-order chi connectivity index (χ0) is 13.2. The highest BCUT2D eigenvalue weighted by Gasteiger charge is 2.21. The minimum Gasteiger partial charge on any atom is -0.481 e. The molecular formula is C11H14INO3S. The minimum absolute atomic E-state index is 0.111. The van der Waals surface area contributed by atoms with Crippen molar-refractivity contribution in [2.75, 3.05) is 13.6 Å². The summed E-state index contributed by atoms with van der Waals surface area (Å²) in [7, 11) is 1.63. The van der Waals surface area contributed by atoms with Crippen LogP contribution in [0.4, 0.5) is 0 Å². The van der Waals surface area contributed by atoms with Crippen LogP contribution >= 0.6 is 33.9 Å². The summed E-state index contributed by atoms with van der Waals surface area (Å²) in [5.41, 5.74) is 1.08. The van der Waals surface area contributed by atoms with Crippen molar-refractivity contribution < 1.29 is 14.7 Å². The largest absolute Gasteiger partial charge is 0.481 e. The number of aryl methyl sites for hydroxylation is 1. The highest BCUT2D eigenvalue weighted by atomic mass is 127. The summed E-state index contributed by atoms with van der Waals surface area (Å²) in [6.45, 7) is 3.77. The highest BCUT2D eigenvalue weighted by Crippen LogP contribution is 2.25. The number of nitrogens with zero attached hydrogens (tertiary/aromatic N) is 1. The van der Waals surface area contributed by atoms with E-state index in [1.807, 2.05) is 12.3 Å². The van der Waals surface area contributed by atoms with E-state index in [1.54, 1.807) is 14.0 Å². The third kappa shape index (κ3) is 3.41. The van der Waals surface area contributed by atoms with Crippen LogP contribution in [-0.2, 0) is 4.79 Å². The summed E-state index contributed by atoms with van der Waals surface area (Å²) in [5.74, 6) is -1.55. The summed E-state index contributed by atoms with van der Waals surface area (Å²) in [5, 5.41) is 10.7. The predicted octanol–water partition coefficient (Wildman–Crippen LogP) is 2.45. The van der Waals surface area contributed by atoms with Crippen molar-refractivity contribution in [1.82, 2.24) is 4.90 Å². The Bertz CT molecular complexity index is 444. The molecule has 0 saturated heterocycles. The van der Waals surface area contributed by atoms with Gasteiger partial charge in [0.15, 0.2) is 0 Å². The van der Waals surface area contributed by atoms with Crippen LogP contribution in [0, 0.1) is 16.4 Å². The predicted molar refractivity (Wildman–Crippen MR) is 75.5 cm³/mol. The number of rotatable bonds is 4. The van der Waals surface area contributed by atoms with Crippen molar-refractivity contribution in [3.8, 4) is 0 Å². The average molecular weight is 367 g/mol. The Kier molecular flexibility index (Phi) is 4.93. The first-order valence-electron chi connectivity index (χ1n) is 5.06. The van der Waals surface area contributed by atoms with Crippen LogP contribution in [0.5, 0.6) is 0 Å². The SMILES string of the molecule is Cc1csc(C(=O)N(C)CC(C)C(=O)O)c1I. The van der Waals surface area contributed by atoms with Gasteiger partial charge in [0.25, 0.3) is 5.91 Å². The van der Waals surface area contributed by atoms with E-state index in [0.717, 1.165) is 9.13 Å². The number of carboxylic acid groups (broad SMARTS) is 1. The lowest BCUT2D eigenvalue weighted by Crippen LogP contribution is -2.33. The van der Waals surface area contributed by atoms with Gasteiger partial charge in [-0.05, 0) is 40.5 Å². The molecule has 0 spiro atoms. The molecule has 0 aliphatic rings. The van der Waals surface area contributed by atoms with Crippen molar-refractivity contribution in [3.63, 3.8) is 0 Å². The van der Waals surface area contributed by atoms with Crippen molar-refractivity contribution in [2.24, 2.45) is 5.92 Å². The Labute approximate surface area is 118 Å². The number of carbonyl (C=O) groups excluding carboxylic acids is 1. The summed E-state index contributed by atoms with van der Waals surface area (Å²) in [6.07, 6.45) is 0. The van der Waals surface area contributed by atoms with Gasteiger partial charge in [-0.1, -0.05) is 6.92 Å². The van der Waals surface area contributed by atoms with E-state index in [1.165, 1.54) is 16.2 Å². The fourth-order valence-corrected chi connectivity index (χ4v) is 3.23.